The van der Waals surface area contributed by atoms with E-state index in [2.05, 4.69) is 5.32 Å². The molecular formula is C13H17N3O5. The summed E-state index contributed by atoms with van der Waals surface area (Å²) in [5.41, 5.74) is -0.818. The van der Waals surface area contributed by atoms with E-state index in [1.165, 1.54) is 16.8 Å². The molecule has 0 bridgehead atoms. The molecule has 2 N–H and O–H groups in total. The maximum Gasteiger partial charge on any atom is 0.311 e. The minimum atomic E-state index is -0.919. The molecule has 1 saturated carbocycles. The Morgan fingerprint density at radius 3 is 2.67 bits per heavy atom. The molecule has 0 spiro atoms. The monoisotopic (exact) mass is 295 g/mol. The number of carboxylic acid groups (broad SMARTS) is 1. The summed E-state index contributed by atoms with van der Waals surface area (Å²) in [6.45, 7) is 2.43. The van der Waals surface area contributed by atoms with Gasteiger partial charge >= 0.3 is 5.97 Å². The zero-order chi connectivity index (χ0) is 15.6. The Morgan fingerprint density at radius 2 is 2.19 bits per heavy atom. The Bertz CT molecular complexity index is 589. The largest absolute Gasteiger partial charge is 0.481 e. The van der Waals surface area contributed by atoms with Crippen molar-refractivity contribution in [3.05, 3.63) is 28.1 Å². The molecule has 2 rings (SSSR count). The second-order valence-electron chi connectivity index (χ2n) is 5.30. The van der Waals surface area contributed by atoms with E-state index in [1.54, 1.807) is 0 Å². The van der Waals surface area contributed by atoms with Gasteiger partial charge in [-0.05, 0) is 19.3 Å². The minimum absolute atomic E-state index is 0.0479. The highest BCUT2D eigenvalue weighted by Gasteiger charge is 2.50. The first-order chi connectivity index (χ1) is 9.89. The predicted octanol–water partition coefficient (Wildman–Crippen LogP) is 1.40. The summed E-state index contributed by atoms with van der Waals surface area (Å²) in [4.78, 5) is 33.4. The van der Waals surface area contributed by atoms with Gasteiger partial charge in [0.1, 0.15) is 5.69 Å². The Morgan fingerprint density at radius 1 is 1.52 bits per heavy atom. The molecule has 21 heavy (non-hydrogen) atoms. The van der Waals surface area contributed by atoms with E-state index in [0.717, 1.165) is 6.42 Å². The zero-order valence-corrected chi connectivity index (χ0v) is 11.7. The van der Waals surface area contributed by atoms with E-state index in [1.807, 2.05) is 6.92 Å². The first kappa shape index (κ1) is 15.0. The van der Waals surface area contributed by atoms with Gasteiger partial charge in [-0.3, -0.25) is 19.7 Å². The molecule has 1 aromatic heterocycles. The predicted molar refractivity (Wildman–Crippen MR) is 73.0 cm³/mol. The summed E-state index contributed by atoms with van der Waals surface area (Å²) < 4.78 is 1.52. The van der Waals surface area contributed by atoms with Crippen LogP contribution in [0.25, 0.3) is 0 Å². The maximum atomic E-state index is 12.1. The third-order valence-corrected chi connectivity index (χ3v) is 3.68. The highest BCUT2D eigenvalue weighted by molar-refractivity contribution is 5.94. The average molecular weight is 295 g/mol. The molecule has 0 radical (unpaired) electrons. The van der Waals surface area contributed by atoms with E-state index in [0.29, 0.717) is 19.4 Å². The van der Waals surface area contributed by atoms with Crippen LogP contribution in [0, 0.1) is 15.5 Å². The van der Waals surface area contributed by atoms with E-state index in [4.69, 9.17) is 5.11 Å². The number of nitrogens with zero attached hydrogens (tertiary/aromatic N) is 2. The molecule has 8 nitrogen and oxygen atoms in total. The van der Waals surface area contributed by atoms with Crippen LogP contribution in [0.15, 0.2) is 12.3 Å². The van der Waals surface area contributed by atoms with Crippen LogP contribution in [0.4, 0.5) is 5.69 Å². The molecule has 0 saturated heterocycles. The quantitative estimate of drug-likeness (QED) is 0.583. The third-order valence-electron chi connectivity index (χ3n) is 3.68. The Kier molecular flexibility index (Phi) is 3.97. The van der Waals surface area contributed by atoms with Gasteiger partial charge < -0.3 is 15.0 Å². The van der Waals surface area contributed by atoms with Crippen molar-refractivity contribution in [3.8, 4) is 0 Å². The van der Waals surface area contributed by atoms with Crippen molar-refractivity contribution >= 4 is 17.6 Å². The molecule has 1 heterocycles. The van der Waals surface area contributed by atoms with Crippen molar-refractivity contribution in [2.45, 2.75) is 32.7 Å². The molecule has 0 aliphatic heterocycles. The van der Waals surface area contributed by atoms with Crippen LogP contribution in [0.1, 0.15) is 36.7 Å². The summed E-state index contributed by atoms with van der Waals surface area (Å²) >= 11 is 0. The first-order valence-electron chi connectivity index (χ1n) is 6.76. The lowest BCUT2D eigenvalue weighted by Crippen LogP contribution is -2.35. The van der Waals surface area contributed by atoms with Gasteiger partial charge in [0.25, 0.3) is 11.6 Å². The SMILES string of the molecule is CCCn1cc([N+](=O)[O-])cc1C(=O)NCC1(C(=O)O)CC1. The van der Waals surface area contributed by atoms with Gasteiger partial charge in [0.2, 0.25) is 0 Å². The summed E-state index contributed by atoms with van der Waals surface area (Å²) in [6, 6.07) is 1.21. The smallest absolute Gasteiger partial charge is 0.311 e. The lowest BCUT2D eigenvalue weighted by atomic mass is 10.1. The van der Waals surface area contributed by atoms with Crippen molar-refractivity contribution in [2.75, 3.05) is 6.54 Å². The van der Waals surface area contributed by atoms with Crippen molar-refractivity contribution in [1.82, 2.24) is 9.88 Å². The van der Waals surface area contributed by atoms with Crippen LogP contribution in [-0.4, -0.2) is 33.0 Å². The Labute approximate surface area is 120 Å². The summed E-state index contributed by atoms with van der Waals surface area (Å²) in [6.07, 6.45) is 3.13. The van der Waals surface area contributed by atoms with Crippen molar-refractivity contribution in [2.24, 2.45) is 5.41 Å². The second-order valence-corrected chi connectivity index (χ2v) is 5.30. The molecule has 1 amide bonds. The summed E-state index contributed by atoms with van der Waals surface area (Å²) in [5, 5.41) is 22.4. The van der Waals surface area contributed by atoms with Gasteiger partial charge in [0, 0.05) is 19.2 Å². The molecule has 0 aromatic carbocycles. The van der Waals surface area contributed by atoms with Gasteiger partial charge in [-0.15, -0.1) is 0 Å². The number of carbonyl (C=O) groups excluding carboxylic acids is 1. The van der Waals surface area contributed by atoms with Crippen LogP contribution < -0.4 is 5.32 Å². The van der Waals surface area contributed by atoms with E-state index in [9.17, 15) is 19.7 Å². The molecule has 1 aromatic rings. The lowest BCUT2D eigenvalue weighted by Gasteiger charge is -2.12. The zero-order valence-electron chi connectivity index (χ0n) is 11.7. The molecule has 8 heteroatoms. The van der Waals surface area contributed by atoms with Gasteiger partial charge in [-0.2, -0.15) is 0 Å². The molecular weight excluding hydrogens is 278 g/mol. The highest BCUT2D eigenvalue weighted by Crippen LogP contribution is 2.45. The number of aryl methyl sites for hydroxylation is 1. The molecule has 1 aliphatic rings. The van der Waals surface area contributed by atoms with Crippen LogP contribution >= 0.6 is 0 Å². The fourth-order valence-electron chi connectivity index (χ4n) is 2.17. The Hall–Kier alpha value is -2.38. The maximum absolute atomic E-state index is 12.1. The second kappa shape index (κ2) is 5.55. The van der Waals surface area contributed by atoms with E-state index < -0.39 is 22.2 Å². The van der Waals surface area contributed by atoms with Crippen LogP contribution in [0.2, 0.25) is 0 Å². The number of amides is 1. The summed E-state index contributed by atoms with van der Waals surface area (Å²) in [5.74, 6) is -1.40. The number of carboxylic acids is 1. The third kappa shape index (κ3) is 3.04. The number of nitrogens with one attached hydrogen (secondary N) is 1. The van der Waals surface area contributed by atoms with Crippen LogP contribution in [0.5, 0.6) is 0 Å². The number of aliphatic carboxylic acids is 1. The van der Waals surface area contributed by atoms with Gasteiger partial charge in [-0.25, -0.2) is 0 Å². The number of rotatable bonds is 7. The van der Waals surface area contributed by atoms with Crippen molar-refractivity contribution in [3.63, 3.8) is 0 Å². The number of hydrogen-bond donors (Lipinski definition) is 2. The van der Waals surface area contributed by atoms with Crippen molar-refractivity contribution in [1.29, 1.82) is 0 Å². The topological polar surface area (TPSA) is 114 Å². The average Bonchev–Trinajstić information content (AvgIpc) is 3.10. The van der Waals surface area contributed by atoms with Gasteiger partial charge in [-0.1, -0.05) is 6.92 Å². The Balaban J connectivity index is 2.11. The standard InChI is InChI=1S/C13H17N3O5/c1-2-5-15-7-9(16(20)21)6-10(15)11(17)14-8-13(3-4-13)12(18)19/h6-7H,2-5,8H2,1H3,(H,14,17)(H,18,19). The number of nitro groups is 1. The van der Waals surface area contributed by atoms with Crippen molar-refractivity contribution < 1.29 is 19.6 Å². The molecule has 1 aliphatic carbocycles. The normalized spacial score (nSPS) is 15.5. The molecule has 114 valence electrons. The van der Waals surface area contributed by atoms with Gasteiger partial charge in [0.15, 0.2) is 0 Å². The molecule has 0 atom stereocenters. The van der Waals surface area contributed by atoms with E-state index >= 15 is 0 Å². The van der Waals surface area contributed by atoms with Crippen LogP contribution in [0.3, 0.4) is 0 Å². The fourth-order valence-corrected chi connectivity index (χ4v) is 2.17. The summed E-state index contributed by atoms with van der Waals surface area (Å²) in [7, 11) is 0. The highest BCUT2D eigenvalue weighted by atomic mass is 16.6. The number of hydrogen-bond acceptors (Lipinski definition) is 4. The first-order valence-corrected chi connectivity index (χ1v) is 6.76. The molecule has 0 unspecified atom stereocenters. The number of aromatic nitrogens is 1. The lowest BCUT2D eigenvalue weighted by molar-refractivity contribution is -0.384. The minimum Gasteiger partial charge on any atom is -0.481 e. The number of carbonyl (C=O) groups is 2. The van der Waals surface area contributed by atoms with E-state index in [-0.39, 0.29) is 17.9 Å². The molecule has 1 fully saturated rings. The van der Waals surface area contributed by atoms with Gasteiger partial charge in [0.05, 0.1) is 16.5 Å². The van der Waals surface area contributed by atoms with Crippen LogP contribution in [-0.2, 0) is 11.3 Å². The fraction of sp³-hybridized carbons (Fsp3) is 0.538.